The first-order chi connectivity index (χ1) is 5.55. The first-order valence-corrected chi connectivity index (χ1v) is 6.72. The summed E-state index contributed by atoms with van der Waals surface area (Å²) >= 11 is 1.47. The van der Waals surface area contributed by atoms with Gasteiger partial charge >= 0.3 is 28.7 Å². The molecule has 84 valence electrons. The zero-order valence-electron chi connectivity index (χ0n) is 10.5. The third-order valence-electron chi connectivity index (χ3n) is 3.84. The van der Waals surface area contributed by atoms with E-state index in [4.69, 9.17) is 0 Å². The van der Waals surface area contributed by atoms with Crippen molar-refractivity contribution >= 4 is 9.30 Å². The average molecular weight is 253 g/mol. The van der Waals surface area contributed by atoms with Gasteiger partial charge in [-0.3, -0.25) is 0 Å². The molecule has 2 heteroatoms. The zero-order chi connectivity index (χ0) is 9.89. The fraction of sp³-hybridized carbons (Fsp3) is 0.750. The van der Waals surface area contributed by atoms with Crippen LogP contribution >= 0.6 is 9.30 Å². The van der Waals surface area contributed by atoms with Gasteiger partial charge in [0, 0.05) is 0 Å². The molecule has 0 bridgehead atoms. The maximum atomic E-state index is 4.64. The predicted molar refractivity (Wildman–Crippen MR) is 64.2 cm³/mol. The molecule has 1 saturated carbocycles. The summed E-state index contributed by atoms with van der Waals surface area (Å²) in [5, 5.41) is 0. The number of hydrogen-bond acceptors (Lipinski definition) is 0. The molecule has 4 unspecified atom stereocenters. The van der Waals surface area contributed by atoms with Crippen LogP contribution in [0.2, 0.25) is 0 Å². The van der Waals surface area contributed by atoms with E-state index in [-0.39, 0.29) is 14.9 Å². The summed E-state index contributed by atoms with van der Waals surface area (Å²) in [5.41, 5.74) is 0. The molecule has 1 aliphatic rings. The van der Waals surface area contributed by atoms with Gasteiger partial charge in [0.05, 0.1) is 0 Å². The summed E-state index contributed by atoms with van der Waals surface area (Å²) in [5.74, 6) is 4.08. The van der Waals surface area contributed by atoms with Crippen LogP contribution in [0.3, 0.4) is 0 Å². The van der Waals surface area contributed by atoms with Crippen molar-refractivity contribution in [1.29, 1.82) is 0 Å². The Kier molecular flexibility index (Phi) is 13.5. The molecule has 0 radical (unpaired) electrons. The molecule has 5 atom stereocenters. The van der Waals surface area contributed by atoms with Gasteiger partial charge in [0.15, 0.2) is 0 Å². The average Bonchev–Trinajstić information content (AvgIpc) is 2.27. The van der Waals surface area contributed by atoms with Gasteiger partial charge in [0.25, 0.3) is 0 Å². The van der Waals surface area contributed by atoms with E-state index in [9.17, 15) is 0 Å². The molecule has 0 heterocycles. The molecule has 0 aromatic heterocycles. The van der Waals surface area contributed by atoms with Crippen LogP contribution in [-0.2, 0) is 19.4 Å². The molecule has 0 amide bonds. The standard InChI is InChI=1S/C10H19.2CH3.ClH.Ti/c1-6-7(2)9(4)10(5)8(6)3;;;;/h6-10H,1H2,2-5H3;2*1H3;1H;/q3*-1;;+4/p-1/t6?,7-,8?,9?,10?;;;;/m1..../s1. The third kappa shape index (κ3) is 4.25. The molecule has 0 aromatic rings. The van der Waals surface area contributed by atoms with Crippen LogP contribution in [0.25, 0.3) is 0 Å². The number of hydrogen-bond donors (Lipinski definition) is 0. The Hall–Kier alpha value is 1.00. The van der Waals surface area contributed by atoms with Gasteiger partial charge < -0.3 is 21.8 Å². The second kappa shape index (κ2) is 9.25. The van der Waals surface area contributed by atoms with Crippen LogP contribution in [0.5, 0.6) is 0 Å². The topological polar surface area (TPSA) is 0 Å². The van der Waals surface area contributed by atoms with Crippen LogP contribution in [-0.4, -0.2) is 0 Å². The molecule has 0 N–H and O–H groups in total. The molecule has 1 fully saturated rings. The normalized spacial score (nSPS) is 40.1. The molecule has 0 nitrogen and oxygen atoms in total. The van der Waals surface area contributed by atoms with Crippen molar-refractivity contribution < 1.29 is 19.4 Å². The molecule has 1 aliphatic carbocycles. The summed E-state index contributed by atoms with van der Waals surface area (Å²) in [4.78, 5) is 0. The van der Waals surface area contributed by atoms with Gasteiger partial charge in [0.2, 0.25) is 0 Å². The van der Waals surface area contributed by atoms with Crippen LogP contribution in [0.1, 0.15) is 27.7 Å². The number of halogens is 1. The Labute approximate surface area is 107 Å². The van der Waals surface area contributed by atoms with Gasteiger partial charge in [-0.25, -0.2) is 0 Å². The van der Waals surface area contributed by atoms with Gasteiger partial charge in [-0.2, -0.15) is 5.92 Å². The molecular formula is C12H25ClTi. The zero-order valence-corrected chi connectivity index (χ0v) is 12.8. The first-order valence-electron chi connectivity index (χ1n) is 4.57. The molecule has 0 saturated heterocycles. The molecule has 0 aromatic carbocycles. The van der Waals surface area contributed by atoms with E-state index in [0.29, 0.717) is 5.92 Å². The monoisotopic (exact) mass is 252 g/mol. The fourth-order valence-electron chi connectivity index (χ4n) is 2.22. The second-order valence-corrected chi connectivity index (χ2v) is 4.10. The van der Waals surface area contributed by atoms with Crippen molar-refractivity contribution in [2.75, 3.05) is 0 Å². The maximum absolute atomic E-state index is 4.64. The number of rotatable bonds is 0. The van der Waals surface area contributed by atoms with E-state index >= 15 is 0 Å². The summed E-state index contributed by atoms with van der Waals surface area (Å²) in [6, 6.07) is 0. The van der Waals surface area contributed by atoms with Crippen LogP contribution < -0.4 is 0 Å². The van der Waals surface area contributed by atoms with Crippen LogP contribution in [0.15, 0.2) is 0 Å². The van der Waals surface area contributed by atoms with Crippen molar-refractivity contribution in [3.63, 3.8) is 0 Å². The third-order valence-corrected chi connectivity index (χ3v) is 3.84. The van der Waals surface area contributed by atoms with Gasteiger partial charge in [-0.15, -0.1) is 0 Å². The summed E-state index contributed by atoms with van der Waals surface area (Å²) in [6.45, 7) is 13.6. The van der Waals surface area contributed by atoms with E-state index < -0.39 is 0 Å². The van der Waals surface area contributed by atoms with Crippen molar-refractivity contribution in [3.05, 3.63) is 21.8 Å². The van der Waals surface area contributed by atoms with E-state index in [2.05, 4.69) is 43.9 Å². The van der Waals surface area contributed by atoms with Crippen molar-refractivity contribution in [2.24, 2.45) is 29.6 Å². The Morgan fingerprint density at radius 3 is 1.07 bits per heavy atom. The van der Waals surface area contributed by atoms with Crippen molar-refractivity contribution in [3.8, 4) is 0 Å². The van der Waals surface area contributed by atoms with Gasteiger partial charge in [-0.05, 0) is 11.8 Å². The SMILES string of the molecule is [CH2-]C1C(C)C(C)C(C)[C@@H]1C.[CH3-].[CH3-].[Cl][Ti+3]. The van der Waals surface area contributed by atoms with E-state index in [1.54, 1.807) is 0 Å². The summed E-state index contributed by atoms with van der Waals surface area (Å²) in [7, 11) is 4.64. The molecule has 0 spiro atoms. The summed E-state index contributed by atoms with van der Waals surface area (Å²) < 4.78 is 0. The minimum atomic E-state index is 0. The first kappa shape index (κ1) is 20.4. The second-order valence-electron chi connectivity index (χ2n) is 4.10. The summed E-state index contributed by atoms with van der Waals surface area (Å²) in [6.07, 6.45) is 0. The van der Waals surface area contributed by atoms with Gasteiger partial charge in [-0.1, -0.05) is 39.5 Å². The quantitative estimate of drug-likeness (QED) is 0.437. The fourth-order valence-corrected chi connectivity index (χ4v) is 2.22. The Morgan fingerprint density at radius 2 is 1.00 bits per heavy atom. The Bertz CT molecular complexity index is 82.7. The van der Waals surface area contributed by atoms with E-state index in [1.807, 2.05) is 0 Å². The molecular weight excluding hydrogens is 227 g/mol. The molecule has 14 heavy (non-hydrogen) atoms. The Morgan fingerprint density at radius 1 is 0.786 bits per heavy atom. The van der Waals surface area contributed by atoms with Crippen LogP contribution in [0.4, 0.5) is 0 Å². The van der Waals surface area contributed by atoms with Crippen molar-refractivity contribution in [1.82, 2.24) is 0 Å². The van der Waals surface area contributed by atoms with Gasteiger partial charge in [0.1, 0.15) is 0 Å². The van der Waals surface area contributed by atoms with Crippen LogP contribution in [0, 0.1) is 51.4 Å². The molecule has 0 aliphatic heterocycles. The van der Waals surface area contributed by atoms with Crippen molar-refractivity contribution in [2.45, 2.75) is 27.7 Å². The minimum absolute atomic E-state index is 0. The predicted octanol–water partition coefficient (Wildman–Crippen LogP) is 4.58. The van der Waals surface area contributed by atoms with E-state index in [1.165, 1.54) is 19.4 Å². The molecule has 1 rings (SSSR count). The van der Waals surface area contributed by atoms with E-state index in [0.717, 1.165) is 23.7 Å². The Balaban J connectivity index is -0.000000284.